The first-order valence-corrected chi connectivity index (χ1v) is 8.26. The number of H-pyrrole nitrogens is 1. The summed E-state index contributed by atoms with van der Waals surface area (Å²) in [5.41, 5.74) is 1.75. The van der Waals surface area contributed by atoms with Gasteiger partial charge in [-0.25, -0.2) is 0 Å². The third-order valence-electron chi connectivity index (χ3n) is 5.13. The van der Waals surface area contributed by atoms with E-state index < -0.39 is 0 Å². The van der Waals surface area contributed by atoms with Gasteiger partial charge in [-0.1, -0.05) is 25.3 Å². The van der Waals surface area contributed by atoms with Crippen LogP contribution in [0.5, 0.6) is 0 Å². The van der Waals surface area contributed by atoms with Gasteiger partial charge < -0.3 is 15.0 Å². The molecule has 1 amide bonds. The summed E-state index contributed by atoms with van der Waals surface area (Å²) in [6.45, 7) is 0.649. The summed E-state index contributed by atoms with van der Waals surface area (Å²) in [5.74, 6) is -0.00189. The minimum Gasteiger partial charge on any atom is -0.373 e. The molecule has 2 aromatic rings. The quantitative estimate of drug-likeness (QED) is 0.893. The fourth-order valence-corrected chi connectivity index (χ4v) is 3.94. The normalized spacial score (nSPS) is 23.9. The topological polar surface area (TPSA) is 54.1 Å². The second-order valence-corrected chi connectivity index (χ2v) is 6.71. The first-order chi connectivity index (χ1) is 10.7. The van der Waals surface area contributed by atoms with Gasteiger partial charge >= 0.3 is 0 Å². The van der Waals surface area contributed by atoms with Crippen LogP contribution in [-0.2, 0) is 4.74 Å². The molecule has 2 heterocycles. The van der Waals surface area contributed by atoms with Crippen molar-refractivity contribution in [3.05, 3.63) is 36.0 Å². The number of fused-ring (bicyclic) bond motifs is 1. The van der Waals surface area contributed by atoms with Crippen LogP contribution in [0.4, 0.5) is 0 Å². The fourth-order valence-electron chi connectivity index (χ4n) is 3.94. The van der Waals surface area contributed by atoms with Gasteiger partial charge in [-0.2, -0.15) is 0 Å². The SMILES string of the molecule is O=C(NC1COC2(CCCCC2)C1)c1ccc2cc[nH]c2c1. The molecule has 2 N–H and O–H groups in total. The number of benzene rings is 1. The molecular formula is C18H22N2O2. The highest BCUT2D eigenvalue weighted by atomic mass is 16.5. The standard InChI is InChI=1S/C18H22N2O2/c21-17(14-5-4-13-6-9-19-16(13)10-14)20-15-11-18(22-12-15)7-2-1-3-8-18/h4-6,9-10,15,19H,1-3,7-8,11-12H2,(H,20,21). The molecular weight excluding hydrogens is 276 g/mol. The zero-order chi connectivity index (χ0) is 15.0. The van der Waals surface area contributed by atoms with Crippen LogP contribution in [0.2, 0.25) is 0 Å². The lowest BCUT2D eigenvalue weighted by Crippen LogP contribution is -2.37. The predicted molar refractivity (Wildman–Crippen MR) is 85.9 cm³/mol. The van der Waals surface area contributed by atoms with Crippen LogP contribution in [0, 0.1) is 0 Å². The Morgan fingerprint density at radius 2 is 2.09 bits per heavy atom. The lowest BCUT2D eigenvalue weighted by Gasteiger charge is -2.32. The average molecular weight is 298 g/mol. The highest BCUT2D eigenvalue weighted by molar-refractivity contribution is 5.98. The summed E-state index contributed by atoms with van der Waals surface area (Å²) in [4.78, 5) is 15.6. The number of hydrogen-bond donors (Lipinski definition) is 2. The number of rotatable bonds is 2. The zero-order valence-electron chi connectivity index (χ0n) is 12.7. The highest BCUT2D eigenvalue weighted by Gasteiger charge is 2.41. The van der Waals surface area contributed by atoms with Gasteiger partial charge in [0.2, 0.25) is 0 Å². The molecule has 1 spiro atoms. The Kier molecular flexibility index (Phi) is 3.41. The lowest BCUT2D eigenvalue weighted by atomic mass is 9.82. The number of nitrogens with one attached hydrogen (secondary N) is 2. The number of carbonyl (C=O) groups excluding carboxylic acids is 1. The maximum absolute atomic E-state index is 12.5. The molecule has 4 nitrogen and oxygen atoms in total. The van der Waals surface area contributed by atoms with Crippen molar-refractivity contribution in [2.45, 2.75) is 50.2 Å². The van der Waals surface area contributed by atoms with Crippen molar-refractivity contribution in [1.82, 2.24) is 10.3 Å². The molecule has 1 aromatic carbocycles. The van der Waals surface area contributed by atoms with Gasteiger partial charge in [0.15, 0.2) is 0 Å². The summed E-state index contributed by atoms with van der Waals surface area (Å²) in [7, 11) is 0. The average Bonchev–Trinajstić information content (AvgIpc) is 3.15. The van der Waals surface area contributed by atoms with Crippen LogP contribution in [-0.4, -0.2) is 29.1 Å². The van der Waals surface area contributed by atoms with E-state index in [2.05, 4.69) is 10.3 Å². The van der Waals surface area contributed by atoms with Crippen molar-refractivity contribution in [2.24, 2.45) is 0 Å². The highest BCUT2D eigenvalue weighted by Crippen LogP contribution is 2.39. The van der Waals surface area contributed by atoms with Gasteiger partial charge in [-0.3, -0.25) is 4.79 Å². The van der Waals surface area contributed by atoms with E-state index in [1.165, 1.54) is 19.3 Å². The van der Waals surface area contributed by atoms with Crippen molar-refractivity contribution in [1.29, 1.82) is 0 Å². The molecule has 1 aromatic heterocycles. The van der Waals surface area contributed by atoms with E-state index >= 15 is 0 Å². The monoisotopic (exact) mass is 298 g/mol. The molecule has 4 rings (SSSR count). The first-order valence-electron chi connectivity index (χ1n) is 8.26. The second-order valence-electron chi connectivity index (χ2n) is 6.71. The Labute approximate surface area is 130 Å². The summed E-state index contributed by atoms with van der Waals surface area (Å²) in [5, 5.41) is 4.27. The van der Waals surface area contributed by atoms with Crippen molar-refractivity contribution in [3.8, 4) is 0 Å². The number of hydrogen-bond acceptors (Lipinski definition) is 2. The zero-order valence-corrected chi connectivity index (χ0v) is 12.7. The summed E-state index contributed by atoms with van der Waals surface area (Å²) >= 11 is 0. The molecule has 1 unspecified atom stereocenters. The minimum absolute atomic E-state index is 0.00189. The van der Waals surface area contributed by atoms with Crippen molar-refractivity contribution in [2.75, 3.05) is 6.61 Å². The van der Waals surface area contributed by atoms with Crippen LogP contribution in [0.1, 0.15) is 48.9 Å². The Morgan fingerprint density at radius 3 is 2.95 bits per heavy atom. The number of amides is 1. The van der Waals surface area contributed by atoms with Gasteiger partial charge in [-0.05, 0) is 42.8 Å². The van der Waals surface area contributed by atoms with E-state index in [4.69, 9.17) is 4.74 Å². The maximum atomic E-state index is 12.5. The molecule has 2 fully saturated rings. The number of aromatic amines is 1. The molecule has 116 valence electrons. The summed E-state index contributed by atoms with van der Waals surface area (Å²) in [6.07, 6.45) is 8.97. The largest absolute Gasteiger partial charge is 0.373 e. The molecule has 0 radical (unpaired) electrons. The van der Waals surface area contributed by atoms with Crippen LogP contribution < -0.4 is 5.32 Å². The second kappa shape index (κ2) is 5.43. The van der Waals surface area contributed by atoms with Crippen LogP contribution >= 0.6 is 0 Å². The molecule has 1 aliphatic carbocycles. The third kappa shape index (κ3) is 2.52. The van der Waals surface area contributed by atoms with E-state index in [0.717, 1.165) is 30.2 Å². The molecule has 1 saturated carbocycles. The lowest BCUT2D eigenvalue weighted by molar-refractivity contribution is -0.0246. The van der Waals surface area contributed by atoms with E-state index in [1.807, 2.05) is 30.5 Å². The van der Waals surface area contributed by atoms with E-state index in [-0.39, 0.29) is 17.6 Å². The molecule has 0 bridgehead atoms. The molecule has 22 heavy (non-hydrogen) atoms. The van der Waals surface area contributed by atoms with Crippen LogP contribution in [0.3, 0.4) is 0 Å². The maximum Gasteiger partial charge on any atom is 0.251 e. The predicted octanol–water partition coefficient (Wildman–Crippen LogP) is 3.39. The Hall–Kier alpha value is -1.81. The van der Waals surface area contributed by atoms with Crippen LogP contribution in [0.25, 0.3) is 10.9 Å². The van der Waals surface area contributed by atoms with E-state index in [1.54, 1.807) is 0 Å². The Balaban J connectivity index is 1.43. The molecule has 2 aliphatic rings. The van der Waals surface area contributed by atoms with Gasteiger partial charge in [0.25, 0.3) is 5.91 Å². The van der Waals surface area contributed by atoms with E-state index in [0.29, 0.717) is 12.2 Å². The van der Waals surface area contributed by atoms with Crippen molar-refractivity contribution < 1.29 is 9.53 Å². The van der Waals surface area contributed by atoms with Crippen molar-refractivity contribution in [3.63, 3.8) is 0 Å². The Bertz CT molecular complexity index is 685. The number of carbonyl (C=O) groups is 1. The third-order valence-corrected chi connectivity index (χ3v) is 5.13. The van der Waals surface area contributed by atoms with Gasteiger partial charge in [0.05, 0.1) is 18.2 Å². The molecule has 1 aliphatic heterocycles. The first kappa shape index (κ1) is 13.8. The molecule has 1 atom stereocenters. The van der Waals surface area contributed by atoms with Gasteiger partial charge in [0, 0.05) is 17.3 Å². The minimum atomic E-state index is -0.00189. The van der Waals surface area contributed by atoms with Crippen molar-refractivity contribution >= 4 is 16.8 Å². The van der Waals surface area contributed by atoms with Gasteiger partial charge in [0.1, 0.15) is 0 Å². The number of aromatic nitrogens is 1. The van der Waals surface area contributed by atoms with Crippen LogP contribution in [0.15, 0.2) is 30.5 Å². The van der Waals surface area contributed by atoms with E-state index in [9.17, 15) is 4.79 Å². The van der Waals surface area contributed by atoms with Gasteiger partial charge in [-0.15, -0.1) is 0 Å². The summed E-state index contributed by atoms with van der Waals surface area (Å²) < 4.78 is 6.07. The molecule has 4 heteroatoms. The number of ether oxygens (including phenoxy) is 1. The fraction of sp³-hybridized carbons (Fsp3) is 0.500. The Morgan fingerprint density at radius 1 is 1.23 bits per heavy atom. The molecule has 1 saturated heterocycles. The smallest absolute Gasteiger partial charge is 0.251 e. The summed E-state index contributed by atoms with van der Waals surface area (Å²) in [6, 6.07) is 7.93.